The van der Waals surface area contributed by atoms with E-state index in [1.807, 2.05) is 61.5 Å². The molecule has 4 heterocycles. The van der Waals surface area contributed by atoms with Crippen LogP contribution in [0.4, 0.5) is 17.2 Å². The van der Waals surface area contributed by atoms with E-state index >= 15 is 0 Å². The fraction of sp³-hybridized carbons (Fsp3) is 0.176. The van der Waals surface area contributed by atoms with E-state index in [2.05, 4.69) is 43.1 Å². The lowest BCUT2D eigenvalue weighted by atomic mass is 10.1. The van der Waals surface area contributed by atoms with Crippen LogP contribution in [0, 0.1) is 30.1 Å². The first kappa shape index (κ1) is 28.0. The Balaban J connectivity index is 1.22. The molecule has 0 spiro atoms. The van der Waals surface area contributed by atoms with Crippen LogP contribution in [0.15, 0.2) is 79.3 Å². The minimum absolute atomic E-state index is 0.338. The van der Waals surface area contributed by atoms with Crippen molar-refractivity contribution in [2.75, 3.05) is 36.5 Å². The lowest BCUT2D eigenvalue weighted by Gasteiger charge is -2.27. The van der Waals surface area contributed by atoms with Gasteiger partial charge in [0.2, 0.25) is 0 Å². The highest BCUT2D eigenvalue weighted by Crippen LogP contribution is 2.34. The number of nitriles is 1. The van der Waals surface area contributed by atoms with Crippen molar-refractivity contribution >= 4 is 39.7 Å². The minimum Gasteiger partial charge on any atom is -0.487 e. The zero-order valence-electron chi connectivity index (χ0n) is 23.5. The van der Waals surface area contributed by atoms with Crippen molar-refractivity contribution in [3.05, 3.63) is 112 Å². The zero-order chi connectivity index (χ0) is 29.6. The smallest absolute Gasteiger partial charge is 0.130 e. The average Bonchev–Trinajstić information content (AvgIpc) is 3.05. The van der Waals surface area contributed by atoms with Gasteiger partial charge in [-0.1, -0.05) is 29.5 Å². The first-order valence-corrected chi connectivity index (χ1v) is 14.2. The highest BCUT2D eigenvalue weighted by Gasteiger charge is 2.14. The number of hydrogen-bond donors (Lipinski definition) is 1. The fourth-order valence-corrected chi connectivity index (χ4v) is 4.96. The molecule has 6 rings (SSSR count). The predicted molar refractivity (Wildman–Crippen MR) is 168 cm³/mol. The highest BCUT2D eigenvalue weighted by molar-refractivity contribution is 6.33. The normalized spacial score (nSPS) is 12.7. The molecule has 1 N–H and O–H groups in total. The summed E-state index contributed by atoms with van der Waals surface area (Å²) in [5.41, 5.74) is 5.99. The Kier molecular flexibility index (Phi) is 8.33. The van der Waals surface area contributed by atoms with Crippen molar-refractivity contribution < 1.29 is 9.47 Å². The number of nitrogens with one attached hydrogen (secondary N) is 1. The molecule has 1 aliphatic heterocycles. The van der Waals surface area contributed by atoms with E-state index in [0.29, 0.717) is 53.0 Å². The highest BCUT2D eigenvalue weighted by atomic mass is 35.5. The number of pyridine rings is 3. The summed E-state index contributed by atoms with van der Waals surface area (Å²) in [6.45, 7) is 5.36. The van der Waals surface area contributed by atoms with Gasteiger partial charge in [0.15, 0.2) is 0 Å². The lowest BCUT2D eigenvalue weighted by Crippen LogP contribution is -2.36. The van der Waals surface area contributed by atoms with Gasteiger partial charge in [-0.3, -0.25) is 9.97 Å². The molecule has 212 valence electrons. The van der Waals surface area contributed by atoms with Crippen LogP contribution in [0.3, 0.4) is 0 Å². The molecule has 0 radical (unpaired) electrons. The Labute approximate surface area is 254 Å². The van der Waals surface area contributed by atoms with Gasteiger partial charge >= 0.3 is 0 Å². The second kappa shape index (κ2) is 12.8. The van der Waals surface area contributed by atoms with E-state index in [1.165, 1.54) is 0 Å². The Bertz CT molecular complexity index is 1900. The van der Waals surface area contributed by atoms with Crippen molar-refractivity contribution in [3.63, 3.8) is 0 Å². The molecule has 8 nitrogen and oxygen atoms in total. The number of anilines is 3. The number of benzene rings is 2. The number of aromatic nitrogens is 3. The van der Waals surface area contributed by atoms with Crippen LogP contribution in [0.1, 0.15) is 27.9 Å². The maximum atomic E-state index is 9.82. The molecule has 0 saturated carbocycles. The number of ether oxygens (including phenoxy) is 2. The summed E-state index contributed by atoms with van der Waals surface area (Å²) in [6, 6.07) is 21.2. The summed E-state index contributed by atoms with van der Waals surface area (Å²) >= 11 is 6.64. The minimum atomic E-state index is 0.338. The number of halogens is 1. The molecular weight excluding hydrogens is 560 g/mol. The first-order chi connectivity index (χ1) is 21.1. The van der Waals surface area contributed by atoms with E-state index in [1.54, 1.807) is 24.7 Å². The van der Waals surface area contributed by atoms with Gasteiger partial charge in [-0.2, -0.15) is 5.26 Å². The van der Waals surface area contributed by atoms with Gasteiger partial charge in [0.1, 0.15) is 24.2 Å². The van der Waals surface area contributed by atoms with Gasteiger partial charge in [0, 0.05) is 54.3 Å². The van der Waals surface area contributed by atoms with E-state index < -0.39 is 0 Å². The SMILES string of the molecule is Cc1cccnc1COc1ccc(Nc2c(C#N)cnc3cc(C#Cc4ccnc(N5CCOCC5)c4)ccc23)c(Cl)c1. The Hall–Kier alpha value is -5.15. The number of aryl methyl sites for hydroxylation is 1. The van der Waals surface area contributed by atoms with Crippen molar-refractivity contribution in [1.29, 1.82) is 5.26 Å². The summed E-state index contributed by atoms with van der Waals surface area (Å²) in [5.74, 6) is 8.00. The predicted octanol–water partition coefficient (Wildman–Crippen LogP) is 6.42. The van der Waals surface area contributed by atoms with Crippen LogP contribution in [0.25, 0.3) is 10.9 Å². The first-order valence-electron chi connectivity index (χ1n) is 13.8. The third-order valence-corrected chi connectivity index (χ3v) is 7.43. The van der Waals surface area contributed by atoms with Gasteiger partial charge in [-0.05, 0) is 61.0 Å². The third-order valence-electron chi connectivity index (χ3n) is 7.11. The number of nitrogens with zero attached hydrogens (tertiary/aromatic N) is 5. The molecule has 1 aliphatic rings. The summed E-state index contributed by atoms with van der Waals surface area (Å²) < 4.78 is 11.4. The molecule has 0 bridgehead atoms. The number of rotatable bonds is 6. The van der Waals surface area contributed by atoms with E-state index in [9.17, 15) is 5.26 Å². The molecular formula is C34H27ClN6O2. The van der Waals surface area contributed by atoms with Gasteiger partial charge in [-0.25, -0.2) is 4.98 Å². The number of morpholine rings is 1. The van der Waals surface area contributed by atoms with Crippen molar-refractivity contribution in [2.24, 2.45) is 0 Å². The Morgan fingerprint density at radius 2 is 1.81 bits per heavy atom. The van der Waals surface area contributed by atoms with Gasteiger partial charge < -0.3 is 19.7 Å². The van der Waals surface area contributed by atoms with Crippen molar-refractivity contribution in [3.8, 4) is 23.7 Å². The standard InChI is InChI=1S/C34H27ClN6O2/c1-23-3-2-11-37-32(23)22-43-27-7-9-30(29(35)19-27)40-34-26(20-36)21-39-31-17-24(6-8-28(31)34)4-5-25-10-12-38-33(18-25)41-13-15-42-16-14-41/h2-3,6-12,17-19,21H,13-16,22H2,1H3,(H,39,40). The molecule has 5 aromatic rings. The van der Waals surface area contributed by atoms with Crippen molar-refractivity contribution in [1.82, 2.24) is 15.0 Å². The molecule has 2 aromatic carbocycles. The Morgan fingerprint density at radius 3 is 2.60 bits per heavy atom. The maximum Gasteiger partial charge on any atom is 0.130 e. The van der Waals surface area contributed by atoms with Crippen LogP contribution in [-0.4, -0.2) is 41.3 Å². The van der Waals surface area contributed by atoms with Crippen LogP contribution < -0.4 is 15.0 Å². The number of hydrogen-bond acceptors (Lipinski definition) is 8. The molecule has 1 saturated heterocycles. The maximum absolute atomic E-state index is 9.82. The molecule has 43 heavy (non-hydrogen) atoms. The molecule has 1 fully saturated rings. The lowest BCUT2D eigenvalue weighted by molar-refractivity contribution is 0.122. The molecule has 0 amide bonds. The monoisotopic (exact) mass is 586 g/mol. The van der Waals surface area contributed by atoms with E-state index in [-0.39, 0.29) is 0 Å². The van der Waals surface area contributed by atoms with Crippen LogP contribution in [-0.2, 0) is 11.3 Å². The number of fused-ring (bicyclic) bond motifs is 1. The van der Waals surface area contributed by atoms with E-state index in [0.717, 1.165) is 46.7 Å². The third kappa shape index (κ3) is 6.52. The van der Waals surface area contributed by atoms with Gasteiger partial charge in [0.25, 0.3) is 0 Å². The summed E-state index contributed by atoms with van der Waals surface area (Å²) in [6.07, 6.45) is 5.08. The summed E-state index contributed by atoms with van der Waals surface area (Å²) in [4.78, 5) is 15.6. The largest absolute Gasteiger partial charge is 0.487 e. The van der Waals surface area contributed by atoms with Gasteiger partial charge in [0.05, 0.1) is 46.4 Å². The fourth-order valence-electron chi connectivity index (χ4n) is 4.74. The summed E-state index contributed by atoms with van der Waals surface area (Å²) in [5, 5.41) is 14.4. The molecule has 3 aromatic heterocycles. The average molecular weight is 587 g/mol. The summed E-state index contributed by atoms with van der Waals surface area (Å²) in [7, 11) is 0. The van der Waals surface area contributed by atoms with Crippen LogP contribution >= 0.6 is 11.6 Å². The van der Waals surface area contributed by atoms with Crippen LogP contribution in [0.2, 0.25) is 5.02 Å². The topological polar surface area (TPSA) is 96.2 Å². The van der Waals surface area contributed by atoms with Crippen molar-refractivity contribution in [2.45, 2.75) is 13.5 Å². The Morgan fingerprint density at radius 1 is 0.977 bits per heavy atom. The quantitative estimate of drug-likeness (QED) is 0.228. The molecule has 0 atom stereocenters. The second-order valence-corrected chi connectivity index (χ2v) is 10.4. The van der Waals surface area contributed by atoms with E-state index in [4.69, 9.17) is 21.1 Å². The van der Waals surface area contributed by atoms with Crippen LogP contribution in [0.5, 0.6) is 5.75 Å². The second-order valence-electron chi connectivity index (χ2n) is 9.97. The van der Waals surface area contributed by atoms with Gasteiger partial charge in [-0.15, -0.1) is 0 Å². The zero-order valence-corrected chi connectivity index (χ0v) is 24.2. The molecule has 0 aliphatic carbocycles. The molecule has 0 unspecified atom stereocenters. The molecule has 9 heteroatoms.